The van der Waals surface area contributed by atoms with Crippen LogP contribution < -0.4 is 4.90 Å². The van der Waals surface area contributed by atoms with Crippen molar-refractivity contribution < 1.29 is 4.79 Å². The molecule has 17 heavy (non-hydrogen) atoms. The first kappa shape index (κ1) is 9.78. The molecule has 0 aliphatic carbocycles. The zero-order valence-corrected chi connectivity index (χ0v) is 9.13. The van der Waals surface area contributed by atoms with Crippen LogP contribution in [0, 0.1) is 0 Å². The minimum absolute atomic E-state index is 0.0430. The molecule has 1 aromatic carbocycles. The molecule has 1 aliphatic rings. The predicted molar refractivity (Wildman–Crippen MR) is 66.5 cm³/mol. The molecule has 0 radical (unpaired) electrons. The van der Waals surface area contributed by atoms with E-state index in [2.05, 4.69) is 11.6 Å². The highest BCUT2D eigenvalue weighted by atomic mass is 16.2. The smallest absolute Gasteiger partial charge is 0.263 e. The summed E-state index contributed by atoms with van der Waals surface area (Å²) in [6, 6.07) is 11.1. The van der Waals surface area contributed by atoms with E-state index in [0.717, 1.165) is 11.3 Å². The molecule has 1 aliphatic heterocycles. The lowest BCUT2D eigenvalue weighted by Crippen LogP contribution is -2.21. The van der Waals surface area contributed by atoms with Gasteiger partial charge in [-0.2, -0.15) is 0 Å². The lowest BCUT2D eigenvalue weighted by atomic mass is 10.1. The molecule has 1 amide bonds. The maximum atomic E-state index is 12.2. The van der Waals surface area contributed by atoms with Gasteiger partial charge in [-0.15, -0.1) is 0 Å². The van der Waals surface area contributed by atoms with E-state index < -0.39 is 0 Å². The number of hydrogen-bond donors (Lipinski definition) is 0. The summed E-state index contributed by atoms with van der Waals surface area (Å²) < 4.78 is 0. The Morgan fingerprint density at radius 2 is 1.82 bits per heavy atom. The SMILES string of the molecule is C=C1c2ccccc2C(=O)N1c1cccnc1. The Kier molecular flexibility index (Phi) is 2.05. The maximum Gasteiger partial charge on any atom is 0.263 e. The number of fused-ring (bicyclic) bond motifs is 1. The van der Waals surface area contributed by atoms with Gasteiger partial charge in [0, 0.05) is 17.3 Å². The van der Waals surface area contributed by atoms with E-state index in [0.29, 0.717) is 11.3 Å². The summed E-state index contributed by atoms with van der Waals surface area (Å²) in [4.78, 5) is 17.9. The molecule has 0 N–H and O–H groups in total. The van der Waals surface area contributed by atoms with Crippen molar-refractivity contribution in [3.8, 4) is 0 Å². The van der Waals surface area contributed by atoms with Gasteiger partial charge in [0.2, 0.25) is 0 Å². The number of amides is 1. The molecule has 0 atom stereocenters. The molecule has 0 fully saturated rings. The fourth-order valence-corrected chi connectivity index (χ4v) is 2.04. The highest BCUT2D eigenvalue weighted by Crippen LogP contribution is 2.34. The molecule has 2 aromatic rings. The summed E-state index contributed by atoms with van der Waals surface area (Å²) in [6.07, 6.45) is 3.34. The minimum atomic E-state index is -0.0430. The van der Waals surface area contributed by atoms with Gasteiger partial charge in [0.15, 0.2) is 0 Å². The molecule has 2 heterocycles. The first-order valence-electron chi connectivity index (χ1n) is 5.32. The monoisotopic (exact) mass is 222 g/mol. The third kappa shape index (κ3) is 1.36. The number of anilines is 1. The number of pyridine rings is 1. The lowest BCUT2D eigenvalue weighted by molar-refractivity contribution is 0.101. The fraction of sp³-hybridized carbons (Fsp3) is 0. The van der Waals surface area contributed by atoms with Crippen LogP contribution in [0.15, 0.2) is 55.4 Å². The molecule has 3 rings (SSSR count). The Morgan fingerprint density at radius 3 is 2.47 bits per heavy atom. The molecule has 3 heteroatoms. The van der Waals surface area contributed by atoms with Gasteiger partial charge in [-0.05, 0) is 18.2 Å². The van der Waals surface area contributed by atoms with Gasteiger partial charge >= 0.3 is 0 Å². The number of aromatic nitrogens is 1. The molecular weight excluding hydrogens is 212 g/mol. The molecule has 0 saturated carbocycles. The number of carbonyl (C=O) groups excluding carboxylic acids is 1. The van der Waals surface area contributed by atoms with Gasteiger partial charge in [0.05, 0.1) is 17.6 Å². The van der Waals surface area contributed by atoms with Crippen molar-refractivity contribution >= 4 is 17.3 Å². The van der Waals surface area contributed by atoms with Gasteiger partial charge in [0.1, 0.15) is 0 Å². The summed E-state index contributed by atoms with van der Waals surface area (Å²) in [7, 11) is 0. The Labute approximate surface area is 99.0 Å². The maximum absolute atomic E-state index is 12.2. The third-order valence-corrected chi connectivity index (χ3v) is 2.85. The van der Waals surface area contributed by atoms with E-state index in [9.17, 15) is 4.79 Å². The normalized spacial score (nSPS) is 14.0. The standard InChI is InChI=1S/C14H10N2O/c1-10-12-6-2-3-7-13(12)14(17)16(10)11-5-4-8-15-9-11/h2-9H,1H2. The molecular formula is C14H10N2O. The second kappa shape index (κ2) is 3.56. The fourth-order valence-electron chi connectivity index (χ4n) is 2.04. The lowest BCUT2D eigenvalue weighted by Gasteiger charge is -2.16. The Bertz CT molecular complexity index is 570. The van der Waals surface area contributed by atoms with Gasteiger partial charge in [-0.1, -0.05) is 24.8 Å². The molecule has 82 valence electrons. The van der Waals surface area contributed by atoms with Crippen molar-refractivity contribution in [2.24, 2.45) is 0 Å². The number of hydrogen-bond acceptors (Lipinski definition) is 2. The van der Waals surface area contributed by atoms with Crippen molar-refractivity contribution in [3.63, 3.8) is 0 Å². The number of carbonyl (C=O) groups is 1. The van der Waals surface area contributed by atoms with E-state index in [1.165, 1.54) is 0 Å². The summed E-state index contributed by atoms with van der Waals surface area (Å²) in [5.74, 6) is -0.0430. The van der Waals surface area contributed by atoms with Crippen LogP contribution in [0.4, 0.5) is 5.69 Å². The van der Waals surface area contributed by atoms with Crippen LogP contribution in [0.1, 0.15) is 15.9 Å². The summed E-state index contributed by atoms with van der Waals surface area (Å²) in [5.41, 5.74) is 3.04. The van der Waals surface area contributed by atoms with Crippen LogP contribution in [-0.2, 0) is 0 Å². The summed E-state index contributed by atoms with van der Waals surface area (Å²) in [5, 5.41) is 0. The zero-order valence-electron chi connectivity index (χ0n) is 9.13. The van der Waals surface area contributed by atoms with Crippen molar-refractivity contribution in [3.05, 3.63) is 66.5 Å². The van der Waals surface area contributed by atoms with Crippen molar-refractivity contribution in [1.29, 1.82) is 0 Å². The van der Waals surface area contributed by atoms with Crippen molar-refractivity contribution in [2.75, 3.05) is 4.90 Å². The average Bonchev–Trinajstić information content (AvgIpc) is 2.64. The van der Waals surface area contributed by atoms with E-state index in [4.69, 9.17) is 0 Å². The molecule has 1 aromatic heterocycles. The van der Waals surface area contributed by atoms with E-state index in [1.54, 1.807) is 23.4 Å². The Balaban J connectivity index is 2.13. The second-order valence-corrected chi connectivity index (χ2v) is 3.84. The highest BCUT2D eigenvalue weighted by Gasteiger charge is 2.31. The van der Waals surface area contributed by atoms with Gasteiger partial charge in [-0.3, -0.25) is 14.7 Å². The van der Waals surface area contributed by atoms with Crippen LogP contribution in [0.25, 0.3) is 5.70 Å². The molecule has 0 unspecified atom stereocenters. The number of nitrogens with zero attached hydrogens (tertiary/aromatic N) is 2. The Morgan fingerprint density at radius 1 is 1.06 bits per heavy atom. The molecule has 3 nitrogen and oxygen atoms in total. The predicted octanol–water partition coefficient (Wildman–Crippen LogP) is 2.71. The average molecular weight is 222 g/mol. The van der Waals surface area contributed by atoms with Crippen LogP contribution in [0.3, 0.4) is 0 Å². The Hall–Kier alpha value is -2.42. The van der Waals surface area contributed by atoms with Crippen LogP contribution in [-0.4, -0.2) is 10.9 Å². The minimum Gasteiger partial charge on any atom is -0.275 e. The highest BCUT2D eigenvalue weighted by molar-refractivity contribution is 6.21. The summed E-state index contributed by atoms with van der Waals surface area (Å²) in [6.45, 7) is 3.98. The first-order valence-corrected chi connectivity index (χ1v) is 5.32. The van der Waals surface area contributed by atoms with E-state index >= 15 is 0 Å². The second-order valence-electron chi connectivity index (χ2n) is 3.84. The topological polar surface area (TPSA) is 33.2 Å². The molecule has 0 saturated heterocycles. The molecule has 0 bridgehead atoms. The van der Waals surface area contributed by atoms with Gasteiger partial charge in [-0.25, -0.2) is 0 Å². The van der Waals surface area contributed by atoms with Crippen molar-refractivity contribution in [1.82, 2.24) is 4.98 Å². The number of benzene rings is 1. The van der Waals surface area contributed by atoms with Crippen molar-refractivity contribution in [2.45, 2.75) is 0 Å². The zero-order chi connectivity index (χ0) is 11.8. The van der Waals surface area contributed by atoms with Crippen LogP contribution in [0.5, 0.6) is 0 Å². The third-order valence-electron chi connectivity index (χ3n) is 2.85. The first-order chi connectivity index (χ1) is 8.29. The molecule has 0 spiro atoms. The van der Waals surface area contributed by atoms with E-state index in [1.807, 2.05) is 30.3 Å². The number of rotatable bonds is 1. The summed E-state index contributed by atoms with van der Waals surface area (Å²) >= 11 is 0. The van der Waals surface area contributed by atoms with Crippen LogP contribution >= 0.6 is 0 Å². The quantitative estimate of drug-likeness (QED) is 0.743. The van der Waals surface area contributed by atoms with Gasteiger partial charge in [0.25, 0.3) is 5.91 Å². The van der Waals surface area contributed by atoms with Gasteiger partial charge < -0.3 is 0 Å². The largest absolute Gasteiger partial charge is 0.275 e. The van der Waals surface area contributed by atoms with Crippen LogP contribution in [0.2, 0.25) is 0 Å². The van der Waals surface area contributed by atoms with E-state index in [-0.39, 0.29) is 5.91 Å².